The molecule has 0 atom stereocenters. The molecule has 15 heavy (non-hydrogen) atoms. The van der Waals surface area contributed by atoms with Crippen molar-refractivity contribution in [3.63, 3.8) is 0 Å². The number of aromatic nitrogens is 2. The molecule has 84 valence electrons. The molecule has 1 aromatic heterocycles. The highest BCUT2D eigenvalue weighted by Gasteiger charge is 1.95. The number of nitrogens with one attached hydrogen (secondary N) is 2. The Labute approximate surface area is 95.7 Å². The van der Waals surface area contributed by atoms with E-state index in [1.165, 1.54) is 0 Å². The third-order valence-corrected chi connectivity index (χ3v) is 2.17. The van der Waals surface area contributed by atoms with Crippen molar-refractivity contribution in [2.24, 2.45) is 0 Å². The zero-order valence-corrected chi connectivity index (χ0v) is 10.3. The number of H-pyrrole nitrogens is 1. The first-order chi connectivity index (χ1) is 7.08. The Morgan fingerprint density at radius 3 is 2.87 bits per heavy atom. The SMILES string of the molecule is Cc1nc(=S)cc(NCCCN(C)C)[nH]1. The largest absolute Gasteiger partial charge is 0.371 e. The van der Waals surface area contributed by atoms with Gasteiger partial charge in [0.15, 0.2) is 0 Å². The van der Waals surface area contributed by atoms with Gasteiger partial charge in [-0.15, -0.1) is 0 Å². The van der Waals surface area contributed by atoms with Crippen LogP contribution in [0.1, 0.15) is 12.2 Å². The smallest absolute Gasteiger partial charge is 0.131 e. The highest BCUT2D eigenvalue weighted by atomic mass is 32.1. The first kappa shape index (κ1) is 12.1. The Morgan fingerprint density at radius 1 is 1.53 bits per heavy atom. The topological polar surface area (TPSA) is 44.0 Å². The molecule has 0 aromatic carbocycles. The van der Waals surface area contributed by atoms with Crippen LogP contribution in [0.2, 0.25) is 0 Å². The molecular formula is C10H18N4S. The molecule has 4 nitrogen and oxygen atoms in total. The number of rotatable bonds is 5. The van der Waals surface area contributed by atoms with E-state index in [-0.39, 0.29) is 0 Å². The Hall–Kier alpha value is -0.940. The average Bonchev–Trinajstić information content (AvgIpc) is 2.10. The molecule has 0 radical (unpaired) electrons. The van der Waals surface area contributed by atoms with Gasteiger partial charge < -0.3 is 15.2 Å². The van der Waals surface area contributed by atoms with Crippen molar-refractivity contribution in [1.82, 2.24) is 14.9 Å². The monoisotopic (exact) mass is 226 g/mol. The fraction of sp³-hybridized carbons (Fsp3) is 0.600. The van der Waals surface area contributed by atoms with Gasteiger partial charge in [0.1, 0.15) is 16.3 Å². The second-order valence-electron chi connectivity index (χ2n) is 3.80. The van der Waals surface area contributed by atoms with E-state index in [1.807, 2.05) is 13.0 Å². The third-order valence-electron chi connectivity index (χ3n) is 1.96. The van der Waals surface area contributed by atoms with Gasteiger partial charge in [-0.1, -0.05) is 12.2 Å². The van der Waals surface area contributed by atoms with Gasteiger partial charge in [-0.3, -0.25) is 0 Å². The standard InChI is InChI=1S/C10H18N4S/c1-8-12-9(7-10(15)13-8)11-5-4-6-14(2)3/h7H,4-6H2,1-3H3,(H2,11,12,13,15). The normalized spacial score (nSPS) is 10.7. The second-order valence-corrected chi connectivity index (χ2v) is 4.22. The number of nitrogens with zero attached hydrogens (tertiary/aromatic N) is 2. The van der Waals surface area contributed by atoms with Crippen LogP contribution in [0.4, 0.5) is 5.82 Å². The molecule has 1 heterocycles. The highest BCUT2D eigenvalue weighted by molar-refractivity contribution is 7.71. The molecular weight excluding hydrogens is 208 g/mol. The summed E-state index contributed by atoms with van der Waals surface area (Å²) >= 11 is 5.03. The predicted octanol–water partition coefficient (Wildman–Crippen LogP) is 1.81. The van der Waals surface area contributed by atoms with Gasteiger partial charge in [0.05, 0.1) is 0 Å². The summed E-state index contributed by atoms with van der Waals surface area (Å²) in [7, 11) is 4.15. The number of aromatic amines is 1. The van der Waals surface area contributed by atoms with Crippen LogP contribution in [0.15, 0.2) is 6.07 Å². The molecule has 0 unspecified atom stereocenters. The van der Waals surface area contributed by atoms with E-state index in [2.05, 4.69) is 34.3 Å². The third kappa shape index (κ3) is 4.90. The van der Waals surface area contributed by atoms with Gasteiger partial charge >= 0.3 is 0 Å². The van der Waals surface area contributed by atoms with E-state index < -0.39 is 0 Å². The fourth-order valence-corrected chi connectivity index (χ4v) is 1.55. The van der Waals surface area contributed by atoms with Gasteiger partial charge in [-0.25, -0.2) is 4.98 Å². The first-order valence-electron chi connectivity index (χ1n) is 5.04. The van der Waals surface area contributed by atoms with Crippen LogP contribution in [0.5, 0.6) is 0 Å². The van der Waals surface area contributed by atoms with Crippen LogP contribution >= 0.6 is 12.2 Å². The lowest BCUT2D eigenvalue weighted by Gasteiger charge is -2.10. The highest BCUT2D eigenvalue weighted by Crippen LogP contribution is 2.02. The summed E-state index contributed by atoms with van der Waals surface area (Å²) < 4.78 is 0.626. The zero-order valence-electron chi connectivity index (χ0n) is 9.50. The second kappa shape index (κ2) is 5.82. The fourth-order valence-electron chi connectivity index (χ4n) is 1.29. The molecule has 0 aliphatic heterocycles. The maximum Gasteiger partial charge on any atom is 0.131 e. The number of aryl methyl sites for hydroxylation is 1. The summed E-state index contributed by atoms with van der Waals surface area (Å²) in [5.41, 5.74) is 0. The molecule has 2 N–H and O–H groups in total. The summed E-state index contributed by atoms with van der Waals surface area (Å²) in [6.07, 6.45) is 1.11. The summed E-state index contributed by atoms with van der Waals surface area (Å²) in [4.78, 5) is 9.40. The number of anilines is 1. The summed E-state index contributed by atoms with van der Waals surface area (Å²) in [5, 5.41) is 3.29. The molecule has 1 rings (SSSR count). The van der Waals surface area contributed by atoms with Crippen molar-refractivity contribution in [3.05, 3.63) is 16.5 Å². The Morgan fingerprint density at radius 2 is 2.27 bits per heavy atom. The first-order valence-corrected chi connectivity index (χ1v) is 5.45. The molecule has 1 aromatic rings. The van der Waals surface area contributed by atoms with E-state index in [4.69, 9.17) is 12.2 Å². The quantitative estimate of drug-likeness (QED) is 0.593. The van der Waals surface area contributed by atoms with Crippen molar-refractivity contribution >= 4 is 18.0 Å². The van der Waals surface area contributed by atoms with Crippen LogP contribution in [-0.4, -0.2) is 42.1 Å². The predicted molar refractivity (Wildman–Crippen MR) is 65.8 cm³/mol. The van der Waals surface area contributed by atoms with Crippen molar-refractivity contribution < 1.29 is 0 Å². The molecule has 0 amide bonds. The number of hydrogen-bond donors (Lipinski definition) is 2. The van der Waals surface area contributed by atoms with E-state index in [0.29, 0.717) is 4.64 Å². The molecule has 0 aliphatic rings. The average molecular weight is 226 g/mol. The van der Waals surface area contributed by atoms with Crippen LogP contribution < -0.4 is 5.32 Å². The molecule has 0 saturated carbocycles. The summed E-state index contributed by atoms with van der Waals surface area (Å²) in [6, 6.07) is 1.85. The van der Waals surface area contributed by atoms with Crippen molar-refractivity contribution in [1.29, 1.82) is 0 Å². The maximum absolute atomic E-state index is 5.03. The lowest BCUT2D eigenvalue weighted by Crippen LogP contribution is -2.16. The lowest BCUT2D eigenvalue weighted by atomic mass is 10.4. The van der Waals surface area contributed by atoms with Crippen molar-refractivity contribution in [2.75, 3.05) is 32.5 Å². The van der Waals surface area contributed by atoms with E-state index in [0.717, 1.165) is 31.2 Å². The number of hydrogen-bond acceptors (Lipinski definition) is 4. The molecule has 0 bridgehead atoms. The minimum absolute atomic E-state index is 0.626. The lowest BCUT2D eigenvalue weighted by molar-refractivity contribution is 0.405. The van der Waals surface area contributed by atoms with Crippen molar-refractivity contribution in [2.45, 2.75) is 13.3 Å². The zero-order chi connectivity index (χ0) is 11.3. The van der Waals surface area contributed by atoms with Crippen LogP contribution in [0, 0.1) is 11.6 Å². The van der Waals surface area contributed by atoms with E-state index in [9.17, 15) is 0 Å². The van der Waals surface area contributed by atoms with Gasteiger partial charge in [-0.05, 0) is 34.0 Å². The molecule has 0 spiro atoms. The Bertz CT molecular complexity index is 359. The van der Waals surface area contributed by atoms with Gasteiger partial charge in [0, 0.05) is 12.6 Å². The molecule has 0 fully saturated rings. The van der Waals surface area contributed by atoms with E-state index >= 15 is 0 Å². The Kier molecular flexibility index (Phi) is 4.71. The molecule has 0 saturated heterocycles. The van der Waals surface area contributed by atoms with Crippen LogP contribution in [0.3, 0.4) is 0 Å². The maximum atomic E-state index is 5.03. The van der Waals surface area contributed by atoms with Gasteiger partial charge in [0.25, 0.3) is 0 Å². The van der Waals surface area contributed by atoms with Gasteiger partial charge in [0.2, 0.25) is 0 Å². The molecule has 5 heteroatoms. The minimum Gasteiger partial charge on any atom is -0.371 e. The summed E-state index contributed by atoms with van der Waals surface area (Å²) in [6.45, 7) is 3.92. The van der Waals surface area contributed by atoms with Gasteiger partial charge in [-0.2, -0.15) is 0 Å². The summed E-state index contributed by atoms with van der Waals surface area (Å²) in [5.74, 6) is 1.80. The minimum atomic E-state index is 0.626. The van der Waals surface area contributed by atoms with Crippen molar-refractivity contribution in [3.8, 4) is 0 Å². The Balaban J connectivity index is 2.40. The van der Waals surface area contributed by atoms with Crippen LogP contribution in [-0.2, 0) is 0 Å². The molecule has 0 aliphatic carbocycles. The van der Waals surface area contributed by atoms with E-state index in [1.54, 1.807) is 0 Å². The van der Waals surface area contributed by atoms with Crippen LogP contribution in [0.25, 0.3) is 0 Å².